The standard InChI is InChI=1S/C21H18F3NO2/c1-20(2,3)15-10-8-13(9-11-15)18-25-17(19(26)27-18)12-14-6-4-5-7-16(14)21(22,23)24/h4-12H,1-3H3. The molecule has 27 heavy (non-hydrogen) atoms. The first-order valence-corrected chi connectivity index (χ1v) is 8.35. The lowest BCUT2D eigenvalue weighted by atomic mass is 9.87. The van der Waals surface area contributed by atoms with Crippen LogP contribution >= 0.6 is 0 Å². The van der Waals surface area contributed by atoms with Crippen LogP contribution < -0.4 is 0 Å². The van der Waals surface area contributed by atoms with E-state index in [1.54, 1.807) is 12.1 Å². The molecule has 0 N–H and O–H groups in total. The van der Waals surface area contributed by atoms with Gasteiger partial charge in [-0.25, -0.2) is 9.79 Å². The number of aliphatic imine (C=N–C) groups is 1. The van der Waals surface area contributed by atoms with E-state index in [1.807, 2.05) is 12.1 Å². The second kappa shape index (κ2) is 6.68. The van der Waals surface area contributed by atoms with Crippen LogP contribution in [0.4, 0.5) is 13.2 Å². The van der Waals surface area contributed by atoms with Crippen LogP contribution in [-0.4, -0.2) is 11.9 Å². The Bertz CT molecular complexity index is 933. The summed E-state index contributed by atoms with van der Waals surface area (Å²) in [6.45, 7) is 6.23. The van der Waals surface area contributed by atoms with Gasteiger partial charge in [0.15, 0.2) is 5.70 Å². The Morgan fingerprint density at radius 3 is 2.19 bits per heavy atom. The summed E-state index contributed by atoms with van der Waals surface area (Å²) in [7, 11) is 0. The van der Waals surface area contributed by atoms with E-state index in [-0.39, 0.29) is 22.6 Å². The van der Waals surface area contributed by atoms with Gasteiger partial charge in [0.25, 0.3) is 0 Å². The van der Waals surface area contributed by atoms with E-state index in [0.717, 1.165) is 17.7 Å². The van der Waals surface area contributed by atoms with Crippen molar-refractivity contribution in [2.24, 2.45) is 4.99 Å². The summed E-state index contributed by atoms with van der Waals surface area (Å²) in [5.41, 5.74) is 0.531. The fourth-order valence-electron chi connectivity index (χ4n) is 2.67. The second-order valence-corrected chi connectivity index (χ2v) is 7.25. The van der Waals surface area contributed by atoms with Crippen LogP contribution in [0.15, 0.2) is 59.2 Å². The van der Waals surface area contributed by atoms with Gasteiger partial charge in [-0.15, -0.1) is 0 Å². The van der Waals surface area contributed by atoms with E-state index in [4.69, 9.17) is 4.74 Å². The minimum atomic E-state index is -4.52. The third kappa shape index (κ3) is 4.10. The van der Waals surface area contributed by atoms with Gasteiger partial charge in [-0.3, -0.25) is 0 Å². The Morgan fingerprint density at radius 1 is 0.963 bits per heavy atom. The molecule has 1 aliphatic rings. The lowest BCUT2D eigenvalue weighted by Crippen LogP contribution is -2.11. The molecule has 2 aromatic rings. The van der Waals surface area contributed by atoms with Gasteiger partial charge in [0.05, 0.1) is 5.56 Å². The van der Waals surface area contributed by atoms with Crippen LogP contribution in [0.2, 0.25) is 0 Å². The first kappa shape index (κ1) is 18.9. The van der Waals surface area contributed by atoms with Crippen molar-refractivity contribution in [3.63, 3.8) is 0 Å². The zero-order valence-electron chi connectivity index (χ0n) is 15.1. The third-order valence-electron chi connectivity index (χ3n) is 4.18. The Kier molecular flexibility index (Phi) is 4.68. The molecule has 0 aliphatic carbocycles. The van der Waals surface area contributed by atoms with Gasteiger partial charge in [0.2, 0.25) is 5.90 Å². The smallest absolute Gasteiger partial charge is 0.402 e. The Labute approximate surface area is 155 Å². The maximum absolute atomic E-state index is 13.1. The highest BCUT2D eigenvalue weighted by Gasteiger charge is 2.33. The molecule has 0 unspecified atom stereocenters. The minimum absolute atomic E-state index is 0.0287. The summed E-state index contributed by atoms with van der Waals surface area (Å²) >= 11 is 0. The van der Waals surface area contributed by atoms with Crippen LogP contribution in [0, 0.1) is 0 Å². The number of hydrogen-bond acceptors (Lipinski definition) is 3. The van der Waals surface area contributed by atoms with Gasteiger partial charge in [-0.1, -0.05) is 51.1 Å². The molecule has 0 fully saturated rings. The zero-order valence-corrected chi connectivity index (χ0v) is 15.1. The Morgan fingerprint density at radius 2 is 1.59 bits per heavy atom. The number of carbonyl (C=O) groups is 1. The number of halogens is 3. The molecule has 1 heterocycles. The number of alkyl halides is 3. The van der Waals surface area contributed by atoms with Crippen LogP contribution in [-0.2, 0) is 21.1 Å². The number of esters is 1. The molecule has 3 nitrogen and oxygen atoms in total. The number of hydrogen-bond donors (Lipinski definition) is 0. The molecular formula is C21H18F3NO2. The van der Waals surface area contributed by atoms with Crippen LogP contribution in [0.1, 0.15) is 43.0 Å². The average molecular weight is 373 g/mol. The molecule has 0 aromatic heterocycles. The number of nitrogens with zero attached hydrogens (tertiary/aromatic N) is 1. The van der Waals surface area contributed by atoms with Crippen LogP contribution in [0.3, 0.4) is 0 Å². The maximum Gasteiger partial charge on any atom is 0.416 e. The van der Waals surface area contributed by atoms with E-state index in [1.165, 1.54) is 18.2 Å². The van der Waals surface area contributed by atoms with Crippen molar-refractivity contribution < 1.29 is 22.7 Å². The van der Waals surface area contributed by atoms with Crippen LogP contribution in [0.25, 0.3) is 6.08 Å². The van der Waals surface area contributed by atoms with E-state index < -0.39 is 17.7 Å². The monoisotopic (exact) mass is 373 g/mol. The second-order valence-electron chi connectivity index (χ2n) is 7.25. The van der Waals surface area contributed by atoms with Gasteiger partial charge in [-0.05, 0) is 40.8 Å². The van der Waals surface area contributed by atoms with Gasteiger partial charge in [-0.2, -0.15) is 13.2 Å². The highest BCUT2D eigenvalue weighted by Crippen LogP contribution is 2.33. The number of benzene rings is 2. The molecule has 0 bridgehead atoms. The van der Waals surface area contributed by atoms with E-state index in [9.17, 15) is 18.0 Å². The van der Waals surface area contributed by atoms with E-state index in [2.05, 4.69) is 25.8 Å². The lowest BCUT2D eigenvalue weighted by Gasteiger charge is -2.18. The lowest BCUT2D eigenvalue weighted by molar-refractivity contribution is -0.137. The van der Waals surface area contributed by atoms with Crippen molar-refractivity contribution >= 4 is 17.9 Å². The summed E-state index contributed by atoms with van der Waals surface area (Å²) < 4.78 is 44.5. The topological polar surface area (TPSA) is 38.7 Å². The SMILES string of the molecule is CC(C)(C)c1ccc(C2=NC(=Cc3ccccc3C(F)(F)F)C(=O)O2)cc1. The molecule has 0 radical (unpaired) electrons. The minimum Gasteiger partial charge on any atom is -0.402 e. The highest BCUT2D eigenvalue weighted by atomic mass is 19.4. The van der Waals surface area contributed by atoms with E-state index >= 15 is 0 Å². The van der Waals surface area contributed by atoms with E-state index in [0.29, 0.717) is 5.56 Å². The van der Waals surface area contributed by atoms with Crippen molar-refractivity contribution in [3.8, 4) is 0 Å². The number of ether oxygens (including phenoxy) is 1. The van der Waals surface area contributed by atoms with Gasteiger partial charge in [0, 0.05) is 5.56 Å². The molecule has 0 amide bonds. The largest absolute Gasteiger partial charge is 0.416 e. The molecule has 0 saturated carbocycles. The first-order valence-electron chi connectivity index (χ1n) is 8.35. The predicted molar refractivity (Wildman–Crippen MR) is 97.2 cm³/mol. The third-order valence-corrected chi connectivity index (χ3v) is 4.18. The summed E-state index contributed by atoms with van der Waals surface area (Å²) in [5, 5.41) is 0. The highest BCUT2D eigenvalue weighted by molar-refractivity contribution is 6.12. The predicted octanol–water partition coefficient (Wildman–Crippen LogP) is 5.35. The molecule has 0 saturated heterocycles. The first-order chi connectivity index (χ1) is 12.6. The van der Waals surface area contributed by atoms with Crippen molar-refractivity contribution in [3.05, 3.63) is 76.5 Å². The van der Waals surface area contributed by atoms with Crippen LogP contribution in [0.5, 0.6) is 0 Å². The van der Waals surface area contributed by atoms with Crippen molar-refractivity contribution in [1.82, 2.24) is 0 Å². The summed E-state index contributed by atoms with van der Waals surface area (Å²) in [4.78, 5) is 16.2. The Hall–Kier alpha value is -2.89. The molecule has 140 valence electrons. The molecule has 2 aromatic carbocycles. The zero-order chi connectivity index (χ0) is 19.8. The van der Waals surface area contributed by atoms with Crippen molar-refractivity contribution in [2.75, 3.05) is 0 Å². The number of cyclic esters (lactones) is 1. The molecular weight excluding hydrogens is 355 g/mol. The molecule has 1 aliphatic heterocycles. The number of carbonyl (C=O) groups excluding carboxylic acids is 1. The van der Waals surface area contributed by atoms with Gasteiger partial charge >= 0.3 is 12.1 Å². The average Bonchev–Trinajstić information content (AvgIpc) is 2.94. The number of rotatable bonds is 2. The quantitative estimate of drug-likeness (QED) is 0.526. The Balaban J connectivity index is 1.95. The fourth-order valence-corrected chi connectivity index (χ4v) is 2.67. The maximum atomic E-state index is 13.1. The molecule has 3 rings (SSSR count). The van der Waals surface area contributed by atoms with Gasteiger partial charge < -0.3 is 4.74 Å². The van der Waals surface area contributed by atoms with Crippen molar-refractivity contribution in [1.29, 1.82) is 0 Å². The molecule has 6 heteroatoms. The normalized spacial score (nSPS) is 16.4. The van der Waals surface area contributed by atoms with Gasteiger partial charge in [0.1, 0.15) is 0 Å². The molecule has 0 spiro atoms. The summed E-state index contributed by atoms with van der Waals surface area (Å²) in [6, 6.07) is 12.4. The summed E-state index contributed by atoms with van der Waals surface area (Å²) in [6.07, 6.45) is -3.42. The fraction of sp³-hybridized carbons (Fsp3) is 0.238. The molecule has 0 atom stereocenters. The van der Waals surface area contributed by atoms with Crippen molar-refractivity contribution in [2.45, 2.75) is 32.4 Å². The summed E-state index contributed by atoms with van der Waals surface area (Å²) in [5.74, 6) is -0.696.